The van der Waals surface area contributed by atoms with Crippen LogP contribution in [0.2, 0.25) is 0 Å². The number of ketones is 1. The van der Waals surface area contributed by atoms with Crippen molar-refractivity contribution in [3.63, 3.8) is 0 Å². The Morgan fingerprint density at radius 1 is 1.73 bits per heavy atom. The quantitative estimate of drug-likeness (QED) is 0.438. The van der Waals surface area contributed by atoms with Gasteiger partial charge in [0.15, 0.2) is 12.1 Å². The largest absolute Gasteiger partial charge is 0.327 e. The van der Waals surface area contributed by atoms with Crippen molar-refractivity contribution in [3.05, 3.63) is 0 Å². The maximum atomic E-state index is 10.5. The lowest BCUT2D eigenvalue weighted by Gasteiger charge is -2.04. The Morgan fingerprint density at radius 2 is 2.36 bits per heavy atom. The summed E-state index contributed by atoms with van der Waals surface area (Å²) >= 11 is 0. The number of aldehydes is 1. The highest BCUT2D eigenvalue weighted by Gasteiger charge is 2.07. The molecule has 60 valence electrons. The first-order chi connectivity index (χ1) is 5.20. The highest BCUT2D eigenvalue weighted by atomic mass is 16.2. The summed E-state index contributed by atoms with van der Waals surface area (Å²) in [6.45, 7) is 0. The van der Waals surface area contributed by atoms with E-state index in [4.69, 9.17) is 11.0 Å². The van der Waals surface area contributed by atoms with Crippen molar-refractivity contribution in [3.8, 4) is 6.07 Å². The predicted molar refractivity (Wildman–Crippen MR) is 38.5 cm³/mol. The molecule has 0 rings (SSSR count). The molecule has 0 heterocycles. The van der Waals surface area contributed by atoms with E-state index in [-0.39, 0.29) is 18.7 Å². The maximum Gasteiger partial charge on any atom is 0.196 e. The van der Waals surface area contributed by atoms with Crippen molar-refractivity contribution in [2.75, 3.05) is 0 Å². The van der Waals surface area contributed by atoms with E-state index < -0.39 is 5.78 Å². The van der Waals surface area contributed by atoms with Gasteiger partial charge in [-0.3, -0.25) is 9.59 Å². The van der Waals surface area contributed by atoms with Gasteiger partial charge in [0.05, 0.1) is 6.07 Å². The summed E-state index contributed by atoms with van der Waals surface area (Å²) in [5, 5.41) is 8.15. The molecule has 0 fully saturated rings. The summed E-state index contributed by atoms with van der Waals surface area (Å²) in [6, 6.07) is 1.56. The number of carbonyl (C=O) groups is 2. The van der Waals surface area contributed by atoms with Gasteiger partial charge < -0.3 is 5.73 Å². The third-order valence-corrected chi connectivity index (χ3v) is 1.22. The molecule has 11 heavy (non-hydrogen) atoms. The van der Waals surface area contributed by atoms with Crippen molar-refractivity contribution in [1.82, 2.24) is 0 Å². The molecule has 0 spiro atoms. The topological polar surface area (TPSA) is 83.9 Å². The van der Waals surface area contributed by atoms with E-state index >= 15 is 0 Å². The monoisotopic (exact) mass is 154 g/mol. The molecule has 0 amide bonds. The second kappa shape index (κ2) is 5.57. The number of hydrogen-bond donors (Lipinski definition) is 1. The molecule has 1 unspecified atom stereocenters. The van der Waals surface area contributed by atoms with E-state index in [1.54, 1.807) is 0 Å². The van der Waals surface area contributed by atoms with Gasteiger partial charge >= 0.3 is 0 Å². The molecule has 2 N–H and O–H groups in total. The van der Waals surface area contributed by atoms with Crippen LogP contribution in [0, 0.1) is 11.3 Å². The molecule has 0 aromatic carbocycles. The third kappa shape index (κ3) is 5.25. The minimum Gasteiger partial charge on any atom is -0.327 e. The fraction of sp³-hybridized carbons (Fsp3) is 0.571. The average Bonchev–Trinajstić information content (AvgIpc) is 2.00. The third-order valence-electron chi connectivity index (χ3n) is 1.22. The van der Waals surface area contributed by atoms with E-state index in [9.17, 15) is 9.59 Å². The Hall–Kier alpha value is -1.21. The molecule has 0 saturated heterocycles. The standard InChI is InChI=1S/C7H10N2O2/c8-3-1-2-6(9)4-7(11)5-10/h5-6H,1-2,4,9H2. The normalized spacial score (nSPS) is 11.6. The van der Waals surface area contributed by atoms with Gasteiger partial charge in [-0.05, 0) is 6.42 Å². The Morgan fingerprint density at radius 3 is 2.82 bits per heavy atom. The molecule has 0 aliphatic heterocycles. The summed E-state index contributed by atoms with van der Waals surface area (Å²) in [5.41, 5.74) is 5.41. The van der Waals surface area contributed by atoms with E-state index in [0.29, 0.717) is 12.8 Å². The Kier molecular flexibility index (Phi) is 4.95. The van der Waals surface area contributed by atoms with Crippen LogP contribution in [0.4, 0.5) is 0 Å². The molecule has 0 aromatic rings. The zero-order chi connectivity index (χ0) is 8.69. The molecular weight excluding hydrogens is 144 g/mol. The van der Waals surface area contributed by atoms with Gasteiger partial charge in [-0.2, -0.15) is 5.26 Å². The maximum absolute atomic E-state index is 10.5. The SMILES string of the molecule is N#CCCC(N)CC(=O)C=O. The molecule has 4 heteroatoms. The molecule has 0 radical (unpaired) electrons. The van der Waals surface area contributed by atoms with Crippen LogP contribution in [0.25, 0.3) is 0 Å². The fourth-order valence-corrected chi connectivity index (χ4v) is 0.659. The van der Waals surface area contributed by atoms with Crippen LogP contribution in [-0.4, -0.2) is 18.1 Å². The number of nitrogens with zero attached hydrogens (tertiary/aromatic N) is 1. The lowest BCUT2D eigenvalue weighted by Crippen LogP contribution is -2.23. The number of Topliss-reactive ketones (excluding diaryl/α,β-unsaturated/α-hetero) is 1. The van der Waals surface area contributed by atoms with Crippen LogP contribution >= 0.6 is 0 Å². The molecule has 0 bridgehead atoms. The van der Waals surface area contributed by atoms with Gasteiger partial charge in [0.2, 0.25) is 0 Å². The van der Waals surface area contributed by atoms with E-state index in [1.807, 2.05) is 6.07 Å². The van der Waals surface area contributed by atoms with Crippen molar-refractivity contribution < 1.29 is 9.59 Å². The van der Waals surface area contributed by atoms with Gasteiger partial charge in [-0.1, -0.05) is 0 Å². The molecule has 0 saturated carbocycles. The van der Waals surface area contributed by atoms with Crippen LogP contribution in [0.15, 0.2) is 0 Å². The zero-order valence-corrected chi connectivity index (χ0v) is 6.12. The molecular formula is C7H10N2O2. The Bertz CT molecular complexity index is 183. The van der Waals surface area contributed by atoms with Crippen molar-refractivity contribution in [2.45, 2.75) is 25.3 Å². The molecule has 0 aliphatic rings. The van der Waals surface area contributed by atoms with E-state index in [0.717, 1.165) is 0 Å². The summed E-state index contributed by atoms with van der Waals surface area (Å²) in [5.74, 6) is -0.504. The lowest BCUT2D eigenvalue weighted by atomic mass is 10.1. The second-order valence-electron chi connectivity index (χ2n) is 2.25. The first-order valence-corrected chi connectivity index (χ1v) is 3.31. The summed E-state index contributed by atoms with van der Waals surface area (Å²) < 4.78 is 0. The van der Waals surface area contributed by atoms with Gasteiger partial charge in [0, 0.05) is 18.9 Å². The summed E-state index contributed by atoms with van der Waals surface area (Å²) in [6.07, 6.45) is 1.10. The fourth-order valence-electron chi connectivity index (χ4n) is 0.659. The number of hydrogen-bond acceptors (Lipinski definition) is 4. The second-order valence-corrected chi connectivity index (χ2v) is 2.25. The van der Waals surface area contributed by atoms with E-state index in [1.165, 1.54) is 0 Å². The first-order valence-electron chi connectivity index (χ1n) is 3.31. The molecule has 1 atom stereocenters. The average molecular weight is 154 g/mol. The number of nitriles is 1. The molecule has 0 aromatic heterocycles. The number of rotatable bonds is 5. The van der Waals surface area contributed by atoms with Crippen molar-refractivity contribution in [1.29, 1.82) is 5.26 Å². The van der Waals surface area contributed by atoms with Crippen LogP contribution in [0.5, 0.6) is 0 Å². The van der Waals surface area contributed by atoms with Gasteiger partial charge in [-0.15, -0.1) is 0 Å². The first kappa shape index (κ1) is 9.79. The smallest absolute Gasteiger partial charge is 0.196 e. The summed E-state index contributed by atoms with van der Waals surface area (Å²) in [4.78, 5) is 20.3. The molecule has 0 aliphatic carbocycles. The Labute approximate surface area is 65.0 Å². The zero-order valence-electron chi connectivity index (χ0n) is 6.12. The highest BCUT2D eigenvalue weighted by molar-refractivity contribution is 6.25. The number of nitrogens with two attached hydrogens (primary N) is 1. The minimum absolute atomic E-state index is 0.0468. The summed E-state index contributed by atoms with van der Waals surface area (Å²) in [7, 11) is 0. The van der Waals surface area contributed by atoms with Crippen LogP contribution in [-0.2, 0) is 9.59 Å². The van der Waals surface area contributed by atoms with Crippen LogP contribution in [0.3, 0.4) is 0 Å². The van der Waals surface area contributed by atoms with Gasteiger partial charge in [-0.25, -0.2) is 0 Å². The minimum atomic E-state index is -0.504. The number of carbonyl (C=O) groups excluding carboxylic acids is 2. The van der Waals surface area contributed by atoms with Crippen molar-refractivity contribution in [2.24, 2.45) is 5.73 Å². The van der Waals surface area contributed by atoms with Gasteiger partial charge in [0.1, 0.15) is 0 Å². The van der Waals surface area contributed by atoms with Crippen molar-refractivity contribution >= 4 is 12.1 Å². The van der Waals surface area contributed by atoms with Gasteiger partial charge in [0.25, 0.3) is 0 Å². The predicted octanol–water partition coefficient (Wildman–Crippen LogP) is -0.224. The highest BCUT2D eigenvalue weighted by Crippen LogP contribution is 1.97. The van der Waals surface area contributed by atoms with E-state index in [2.05, 4.69) is 0 Å². The Balaban J connectivity index is 3.53. The lowest BCUT2D eigenvalue weighted by molar-refractivity contribution is -0.130. The van der Waals surface area contributed by atoms with Crippen LogP contribution < -0.4 is 5.73 Å². The van der Waals surface area contributed by atoms with Crippen LogP contribution in [0.1, 0.15) is 19.3 Å². The molecule has 4 nitrogen and oxygen atoms in total.